The van der Waals surface area contributed by atoms with Crippen LogP contribution in [0.2, 0.25) is 0 Å². The van der Waals surface area contributed by atoms with E-state index in [-0.39, 0.29) is 11.6 Å². The van der Waals surface area contributed by atoms with Crippen LogP contribution in [-0.4, -0.2) is 20.4 Å². The largest absolute Gasteiger partial charge is 0.350 e. The summed E-state index contributed by atoms with van der Waals surface area (Å²) in [4.78, 5) is 23.0. The van der Waals surface area contributed by atoms with E-state index in [1.165, 1.54) is 5.56 Å². The first-order valence-corrected chi connectivity index (χ1v) is 11.4. The molecule has 0 radical (unpaired) electrons. The van der Waals surface area contributed by atoms with Gasteiger partial charge in [0.15, 0.2) is 5.11 Å². The molecule has 1 aromatic heterocycles. The zero-order valence-electron chi connectivity index (χ0n) is 17.2. The molecule has 0 bridgehead atoms. The number of thiocarbonyl (C=S) groups is 1. The summed E-state index contributed by atoms with van der Waals surface area (Å²) in [6, 6.07) is 23.0. The van der Waals surface area contributed by atoms with Gasteiger partial charge in [0, 0.05) is 10.9 Å². The van der Waals surface area contributed by atoms with Crippen molar-refractivity contribution in [1.82, 2.24) is 14.9 Å². The lowest BCUT2D eigenvalue weighted by Gasteiger charge is -2.27. The average Bonchev–Trinajstić information content (AvgIpc) is 2.80. The Morgan fingerprint density at radius 2 is 1.75 bits per heavy atom. The number of fused-ring (bicyclic) bond motifs is 1. The van der Waals surface area contributed by atoms with E-state index in [0.29, 0.717) is 28.3 Å². The molecule has 1 aliphatic heterocycles. The van der Waals surface area contributed by atoms with Gasteiger partial charge in [0.05, 0.1) is 28.3 Å². The van der Waals surface area contributed by atoms with Gasteiger partial charge in [-0.2, -0.15) is 0 Å². The van der Waals surface area contributed by atoms with E-state index in [1.54, 1.807) is 4.57 Å². The molecule has 2 heterocycles. The lowest BCUT2D eigenvalue weighted by atomic mass is 9.99. The van der Waals surface area contributed by atoms with Crippen LogP contribution in [0.25, 0.3) is 16.6 Å². The van der Waals surface area contributed by atoms with Crippen LogP contribution in [-0.2, 0) is 0 Å². The van der Waals surface area contributed by atoms with Crippen LogP contribution in [0.3, 0.4) is 0 Å². The van der Waals surface area contributed by atoms with E-state index in [9.17, 15) is 4.79 Å². The Morgan fingerprint density at radius 3 is 2.50 bits per heavy atom. The number of hydrogen-bond donors (Lipinski definition) is 1. The van der Waals surface area contributed by atoms with Crippen LogP contribution in [0.1, 0.15) is 29.4 Å². The minimum Gasteiger partial charge on any atom is -0.350 e. The number of aliphatic imine (C=N–C) groups is 1. The van der Waals surface area contributed by atoms with Gasteiger partial charge < -0.3 is 5.32 Å². The molecule has 0 amide bonds. The number of halogens is 1. The standard InChI is InChI=1S/C25H19BrN4OS/c1-15-6-8-16(9-7-15)21-14-22(29-25(32)28-21)23-27-20-5-3-2-4-19(20)24(31)30(23)18-12-10-17(26)11-13-18/h2-13,22H,14H2,1H3,(H,29,32). The highest BCUT2D eigenvalue weighted by Crippen LogP contribution is 2.26. The molecule has 0 fully saturated rings. The topological polar surface area (TPSA) is 59.3 Å². The molecule has 0 aliphatic carbocycles. The Balaban J connectivity index is 1.67. The van der Waals surface area contributed by atoms with Gasteiger partial charge in [0.2, 0.25) is 0 Å². The fourth-order valence-corrected chi connectivity index (χ4v) is 4.42. The van der Waals surface area contributed by atoms with Gasteiger partial charge in [-0.25, -0.2) is 9.98 Å². The van der Waals surface area contributed by atoms with Crippen LogP contribution in [0.4, 0.5) is 0 Å². The molecular formula is C25H19BrN4OS. The molecule has 5 rings (SSSR count). The molecule has 0 saturated heterocycles. The zero-order chi connectivity index (χ0) is 22.2. The van der Waals surface area contributed by atoms with Crippen molar-refractivity contribution in [3.63, 3.8) is 0 Å². The summed E-state index contributed by atoms with van der Waals surface area (Å²) in [5, 5.41) is 4.23. The average molecular weight is 503 g/mol. The molecule has 5 nitrogen and oxygen atoms in total. The quantitative estimate of drug-likeness (QED) is 0.388. The lowest BCUT2D eigenvalue weighted by Crippen LogP contribution is -2.38. The van der Waals surface area contributed by atoms with E-state index in [2.05, 4.69) is 57.4 Å². The number of aromatic nitrogens is 2. The third-order valence-corrected chi connectivity index (χ3v) is 6.25. The smallest absolute Gasteiger partial charge is 0.266 e. The first-order valence-electron chi connectivity index (χ1n) is 10.2. The number of nitrogens with zero attached hydrogens (tertiary/aromatic N) is 3. The van der Waals surface area contributed by atoms with E-state index < -0.39 is 0 Å². The second-order valence-corrected chi connectivity index (χ2v) is 9.04. The Morgan fingerprint density at radius 1 is 1.03 bits per heavy atom. The highest BCUT2D eigenvalue weighted by Gasteiger charge is 2.27. The minimum atomic E-state index is -0.294. The number of benzene rings is 3. The van der Waals surface area contributed by atoms with Gasteiger partial charge in [-0.05, 0) is 61.1 Å². The number of para-hydroxylation sites is 1. The summed E-state index contributed by atoms with van der Waals surface area (Å²) in [6.45, 7) is 2.05. The number of nitrogens with one attached hydrogen (secondary N) is 1. The monoisotopic (exact) mass is 502 g/mol. The number of aryl methyl sites for hydroxylation is 1. The molecule has 7 heteroatoms. The molecule has 1 atom stereocenters. The molecule has 158 valence electrons. The highest BCUT2D eigenvalue weighted by molar-refractivity contribution is 9.10. The van der Waals surface area contributed by atoms with Crippen LogP contribution in [0.15, 0.2) is 87.1 Å². The number of hydrogen-bond acceptors (Lipinski definition) is 3. The molecule has 1 unspecified atom stereocenters. The zero-order valence-corrected chi connectivity index (χ0v) is 19.7. The molecule has 4 aromatic rings. The maximum atomic E-state index is 13.6. The molecule has 32 heavy (non-hydrogen) atoms. The van der Waals surface area contributed by atoms with Gasteiger partial charge in [-0.15, -0.1) is 0 Å². The van der Waals surface area contributed by atoms with Crippen molar-refractivity contribution in [2.75, 3.05) is 0 Å². The predicted octanol–water partition coefficient (Wildman–Crippen LogP) is 5.27. The first-order chi connectivity index (χ1) is 15.5. The van der Waals surface area contributed by atoms with E-state index in [1.807, 2.05) is 48.5 Å². The summed E-state index contributed by atoms with van der Waals surface area (Å²) >= 11 is 8.94. The van der Waals surface area contributed by atoms with Gasteiger partial charge in [-0.3, -0.25) is 9.36 Å². The van der Waals surface area contributed by atoms with Gasteiger partial charge in [0.1, 0.15) is 5.82 Å². The molecule has 1 N–H and O–H groups in total. The van der Waals surface area contributed by atoms with Crippen molar-refractivity contribution in [3.05, 3.63) is 105 Å². The Labute approximate surface area is 199 Å². The Bertz CT molecular complexity index is 1430. The van der Waals surface area contributed by atoms with Crippen molar-refractivity contribution in [2.45, 2.75) is 19.4 Å². The summed E-state index contributed by atoms with van der Waals surface area (Å²) in [6.07, 6.45) is 0.560. The van der Waals surface area contributed by atoms with E-state index in [0.717, 1.165) is 21.4 Å². The van der Waals surface area contributed by atoms with Gasteiger partial charge in [-0.1, -0.05) is 57.9 Å². The SMILES string of the molecule is Cc1ccc(C2=NC(=S)NC(c3nc4ccccc4c(=O)n3-c3ccc(Br)cc3)C2)cc1. The third kappa shape index (κ3) is 3.89. The summed E-state index contributed by atoms with van der Waals surface area (Å²) in [5.74, 6) is 0.609. The molecule has 3 aromatic carbocycles. The summed E-state index contributed by atoms with van der Waals surface area (Å²) < 4.78 is 2.61. The van der Waals surface area contributed by atoms with Crippen molar-refractivity contribution >= 4 is 49.9 Å². The maximum Gasteiger partial charge on any atom is 0.266 e. The third-order valence-electron chi connectivity index (χ3n) is 5.51. The highest BCUT2D eigenvalue weighted by atomic mass is 79.9. The lowest BCUT2D eigenvalue weighted by molar-refractivity contribution is 0.597. The van der Waals surface area contributed by atoms with Crippen molar-refractivity contribution < 1.29 is 0 Å². The van der Waals surface area contributed by atoms with Crippen LogP contribution < -0.4 is 10.9 Å². The molecular weight excluding hydrogens is 484 g/mol. The van der Waals surface area contributed by atoms with Crippen molar-refractivity contribution in [2.24, 2.45) is 4.99 Å². The maximum absolute atomic E-state index is 13.6. The second kappa shape index (κ2) is 8.41. The molecule has 0 saturated carbocycles. The Kier molecular flexibility index (Phi) is 5.45. The van der Waals surface area contributed by atoms with E-state index in [4.69, 9.17) is 17.2 Å². The summed E-state index contributed by atoms with van der Waals surface area (Å²) in [7, 11) is 0. The van der Waals surface area contributed by atoms with Crippen molar-refractivity contribution in [1.29, 1.82) is 0 Å². The van der Waals surface area contributed by atoms with Crippen LogP contribution >= 0.6 is 28.1 Å². The second-order valence-electron chi connectivity index (χ2n) is 7.73. The normalized spacial score (nSPS) is 16.0. The van der Waals surface area contributed by atoms with Gasteiger partial charge >= 0.3 is 0 Å². The predicted molar refractivity (Wildman–Crippen MR) is 136 cm³/mol. The van der Waals surface area contributed by atoms with E-state index >= 15 is 0 Å². The first kappa shape index (κ1) is 20.7. The Hall–Kier alpha value is -3.16. The van der Waals surface area contributed by atoms with Crippen LogP contribution in [0.5, 0.6) is 0 Å². The molecule has 0 spiro atoms. The van der Waals surface area contributed by atoms with Crippen molar-refractivity contribution in [3.8, 4) is 5.69 Å². The summed E-state index contributed by atoms with van der Waals surface area (Å²) in [5.41, 5.74) is 4.38. The van der Waals surface area contributed by atoms with Gasteiger partial charge in [0.25, 0.3) is 5.56 Å². The fraction of sp³-hybridized carbons (Fsp3) is 0.120. The number of rotatable bonds is 3. The minimum absolute atomic E-state index is 0.111. The molecule has 1 aliphatic rings. The van der Waals surface area contributed by atoms with Crippen LogP contribution in [0, 0.1) is 6.92 Å². The fourth-order valence-electron chi connectivity index (χ4n) is 3.90.